The maximum atomic E-state index is 3.91. The molecule has 0 aliphatic rings. The van der Waals surface area contributed by atoms with Gasteiger partial charge in [0, 0.05) is 16.1 Å². The molecular formula is C12H30Cl4Si2Sn2. The standard InChI is InChI=1S/2C4H11Si.C4H8.4ClH.2Sn/c2*1-5(2,3)4;1-3-4-2;;;;;;/h2*1H2,2-4H3;1-4H2;4*1H;;/q;;;;;;;2*+2/p-4. The number of hydrogen-bond acceptors (Lipinski definition) is 0. The Labute approximate surface area is 190 Å². The molecular weight excluding hydrogens is 580 g/mol. The number of hydrogen-bond donors (Lipinski definition) is 0. The van der Waals surface area contributed by atoms with Gasteiger partial charge in [0.1, 0.15) is 0 Å². The van der Waals surface area contributed by atoms with Crippen molar-refractivity contribution in [2.24, 2.45) is 0 Å². The van der Waals surface area contributed by atoms with Gasteiger partial charge in [-0.15, -0.1) is 6.42 Å². The van der Waals surface area contributed by atoms with Gasteiger partial charge in [0.15, 0.2) is 0 Å². The van der Waals surface area contributed by atoms with E-state index in [-0.39, 0.29) is 97.4 Å². The Morgan fingerprint density at radius 1 is 0.750 bits per heavy atom. The van der Waals surface area contributed by atoms with Crippen molar-refractivity contribution in [3.63, 3.8) is 0 Å². The molecule has 0 aliphatic carbocycles. The quantitative estimate of drug-likeness (QED) is 0.205. The molecule has 0 aliphatic heterocycles. The molecule has 0 bridgehead atoms. The molecule has 0 saturated carbocycles. The van der Waals surface area contributed by atoms with Gasteiger partial charge in [0.2, 0.25) is 0 Å². The van der Waals surface area contributed by atoms with Gasteiger partial charge in [-0.1, -0.05) is 52.4 Å². The third-order valence-corrected chi connectivity index (χ3v) is 0.250. The Kier molecular flexibility index (Phi) is 95.4. The van der Waals surface area contributed by atoms with Crippen molar-refractivity contribution in [1.82, 2.24) is 0 Å². The predicted molar refractivity (Wildman–Crippen MR) is 88.9 cm³/mol. The minimum Gasteiger partial charge on any atom is -1.00 e. The molecule has 0 nitrogen and oxygen atoms in total. The van der Waals surface area contributed by atoms with E-state index < -0.39 is 16.1 Å². The number of rotatable bonds is 1. The van der Waals surface area contributed by atoms with Crippen molar-refractivity contribution in [1.29, 1.82) is 0 Å². The van der Waals surface area contributed by atoms with Crippen LogP contribution in [-0.4, -0.2) is 64.0 Å². The zero-order valence-electron chi connectivity index (χ0n) is 13.8. The summed E-state index contributed by atoms with van der Waals surface area (Å²) in [6, 6.07) is 0. The van der Waals surface area contributed by atoms with Crippen LogP contribution >= 0.6 is 0 Å². The summed E-state index contributed by atoms with van der Waals surface area (Å²) in [5, 5.41) is 0. The van der Waals surface area contributed by atoms with E-state index in [9.17, 15) is 0 Å². The molecule has 6 radical (unpaired) electrons. The average Bonchev–Trinajstić information content (AvgIpc) is 1.79. The largest absolute Gasteiger partial charge is 2.00 e. The number of unbranched alkanes of at least 4 members (excludes halogenated alkanes) is 1. The topological polar surface area (TPSA) is 0 Å². The maximum absolute atomic E-state index is 3.91. The van der Waals surface area contributed by atoms with E-state index in [1.807, 2.05) is 0 Å². The van der Waals surface area contributed by atoms with Gasteiger partial charge in [0.05, 0.1) is 13.3 Å². The van der Waals surface area contributed by atoms with Crippen molar-refractivity contribution in [2.75, 3.05) is 0 Å². The monoisotopic (exact) mass is 610 g/mol. The van der Waals surface area contributed by atoms with E-state index in [1.165, 1.54) is 0 Å². The van der Waals surface area contributed by atoms with Crippen LogP contribution in [-0.2, 0) is 0 Å². The minimum absolute atomic E-state index is 0. The molecule has 8 heteroatoms. The second-order valence-corrected chi connectivity index (χ2v) is 16.1. The Bertz CT molecular complexity index is 93.0. The molecule has 0 N–H and O–H groups in total. The Hall–Kier alpha value is 3.06. The first kappa shape index (κ1) is 56.8. The molecule has 0 fully saturated rings. The fraction of sp³-hybridized carbons (Fsp3) is 0.667. The normalized spacial score (nSPS) is 7.45. The van der Waals surface area contributed by atoms with E-state index in [0.29, 0.717) is 0 Å². The van der Waals surface area contributed by atoms with Gasteiger partial charge in [-0.25, -0.2) is 0 Å². The summed E-state index contributed by atoms with van der Waals surface area (Å²) in [7, 11) is -1.72. The fourth-order valence-electron chi connectivity index (χ4n) is 0. The smallest absolute Gasteiger partial charge is 1.00 e. The Morgan fingerprint density at radius 3 is 0.800 bits per heavy atom. The van der Waals surface area contributed by atoms with Crippen molar-refractivity contribution in [3.8, 4) is 0 Å². The van der Waals surface area contributed by atoms with Crippen molar-refractivity contribution >= 4 is 64.0 Å². The maximum Gasteiger partial charge on any atom is 2.00 e. The SMILES string of the molecule is [CH2+]CC[CH2-].[CH2][Si](C)(C)C.[CH2][Si](C)(C)C.[Cl-].[Cl-].[Cl-].[Cl-].[Sn+2].[Sn+2]. The zero-order valence-corrected chi connectivity index (χ0v) is 24.5. The van der Waals surface area contributed by atoms with Crippen LogP contribution in [0.5, 0.6) is 0 Å². The second-order valence-electron chi connectivity index (χ2n) is 5.83. The van der Waals surface area contributed by atoms with Crippen LogP contribution in [0.15, 0.2) is 0 Å². The van der Waals surface area contributed by atoms with Crippen LogP contribution in [0.3, 0.4) is 0 Å². The summed E-state index contributed by atoms with van der Waals surface area (Å²) in [5.74, 6) is 0. The molecule has 0 aromatic carbocycles. The van der Waals surface area contributed by atoms with Crippen LogP contribution in [0.1, 0.15) is 12.8 Å². The fourth-order valence-corrected chi connectivity index (χ4v) is 0. The van der Waals surface area contributed by atoms with E-state index in [1.54, 1.807) is 0 Å². The van der Waals surface area contributed by atoms with Gasteiger partial charge >= 0.3 is 47.8 Å². The summed E-state index contributed by atoms with van der Waals surface area (Å²) in [6.07, 6.45) is 1.92. The van der Waals surface area contributed by atoms with Gasteiger partial charge in [-0.2, -0.15) is 0 Å². The van der Waals surface area contributed by atoms with Crippen LogP contribution in [0.25, 0.3) is 0 Å². The molecule has 0 saturated heterocycles. The molecule has 0 spiro atoms. The first-order chi connectivity index (χ1) is 5.91. The Morgan fingerprint density at radius 2 is 0.800 bits per heavy atom. The molecule has 0 atom stereocenters. The number of halogens is 4. The van der Waals surface area contributed by atoms with Crippen molar-refractivity contribution in [3.05, 3.63) is 26.9 Å². The molecule has 122 valence electrons. The molecule has 0 rings (SSSR count). The molecule has 0 aromatic heterocycles. The average molecular weight is 610 g/mol. The molecule has 0 amide bonds. The van der Waals surface area contributed by atoms with Gasteiger partial charge < -0.3 is 56.6 Å². The van der Waals surface area contributed by atoms with Gasteiger partial charge in [-0.3, -0.25) is 0 Å². The van der Waals surface area contributed by atoms with Crippen LogP contribution in [0.2, 0.25) is 39.3 Å². The van der Waals surface area contributed by atoms with Crippen LogP contribution in [0.4, 0.5) is 0 Å². The summed E-state index contributed by atoms with van der Waals surface area (Å²) in [5.41, 5.74) is 0. The third kappa shape index (κ3) is 514. The Balaban J connectivity index is -0.0000000113. The summed E-state index contributed by atoms with van der Waals surface area (Å²) < 4.78 is 0. The van der Waals surface area contributed by atoms with E-state index in [0.717, 1.165) is 12.8 Å². The van der Waals surface area contributed by atoms with E-state index >= 15 is 0 Å². The van der Waals surface area contributed by atoms with Crippen LogP contribution < -0.4 is 49.6 Å². The molecule has 0 aromatic rings. The van der Waals surface area contributed by atoms with E-state index in [2.05, 4.69) is 66.2 Å². The summed E-state index contributed by atoms with van der Waals surface area (Å²) >= 11 is 0. The first-order valence-electron chi connectivity index (χ1n) is 5.21. The molecule has 0 heterocycles. The second kappa shape index (κ2) is 33.6. The van der Waals surface area contributed by atoms with Gasteiger partial charge in [-0.05, 0) is 0 Å². The minimum atomic E-state index is -0.861. The molecule has 0 unspecified atom stereocenters. The summed E-state index contributed by atoms with van der Waals surface area (Å²) in [4.78, 5) is 0. The molecule has 20 heavy (non-hydrogen) atoms. The van der Waals surface area contributed by atoms with Crippen LogP contribution in [0, 0.1) is 26.9 Å². The van der Waals surface area contributed by atoms with E-state index in [4.69, 9.17) is 0 Å². The van der Waals surface area contributed by atoms with Crippen molar-refractivity contribution < 1.29 is 49.6 Å². The summed E-state index contributed by atoms with van der Waals surface area (Å²) in [6.45, 7) is 28.2. The zero-order chi connectivity index (χ0) is 12.4. The van der Waals surface area contributed by atoms with Gasteiger partial charge in [0.25, 0.3) is 0 Å². The first-order valence-corrected chi connectivity index (χ1v) is 12.6. The van der Waals surface area contributed by atoms with Crippen molar-refractivity contribution in [2.45, 2.75) is 52.1 Å². The third-order valence-electron chi connectivity index (χ3n) is 0.250. The predicted octanol–water partition coefficient (Wildman–Crippen LogP) is -7.92.